The Hall–Kier alpha value is -0.860. The molecule has 0 atom stereocenters. The van der Waals surface area contributed by atoms with Crippen LogP contribution in [0.5, 0.6) is 0 Å². The molecule has 0 bridgehead atoms. The fourth-order valence-electron chi connectivity index (χ4n) is 0.843. The van der Waals surface area contributed by atoms with Crippen LogP contribution in [0.1, 0.15) is 26.2 Å². The van der Waals surface area contributed by atoms with Crippen LogP contribution in [0.4, 0.5) is 0 Å². The van der Waals surface area contributed by atoms with E-state index in [1.807, 2.05) is 6.92 Å². The average Bonchev–Trinajstić information content (AvgIpc) is 2.64. The fraction of sp³-hybridized carbons (Fsp3) is 0.714. The van der Waals surface area contributed by atoms with Crippen LogP contribution in [0.3, 0.4) is 0 Å². The molecule has 10 heavy (non-hydrogen) atoms. The van der Waals surface area contributed by atoms with Gasteiger partial charge in [0.1, 0.15) is 0 Å². The largest absolute Gasteiger partial charge is 0.259 e. The molecule has 0 heterocycles. The Labute approximate surface area is 59.9 Å². The monoisotopic (exact) mass is 141 g/mol. The molecule has 1 rings (SSSR count). The highest BCUT2D eigenvalue weighted by molar-refractivity contribution is 5.00. The predicted octanol–water partition coefficient (Wildman–Crippen LogP) is 1.97. The van der Waals surface area contributed by atoms with Gasteiger partial charge in [0.25, 0.3) is 0 Å². The topological polar surface area (TPSA) is 43.1 Å². The van der Waals surface area contributed by atoms with E-state index in [1.165, 1.54) is 0 Å². The molecule has 0 spiro atoms. The first-order chi connectivity index (χ1) is 4.74. The lowest BCUT2D eigenvalue weighted by atomic mass is 10.3. The third-order valence-electron chi connectivity index (χ3n) is 1.65. The van der Waals surface area contributed by atoms with Crippen LogP contribution in [-0.4, -0.2) is 4.92 Å². The van der Waals surface area contributed by atoms with E-state index >= 15 is 0 Å². The van der Waals surface area contributed by atoms with E-state index < -0.39 is 0 Å². The van der Waals surface area contributed by atoms with Gasteiger partial charge in [-0.3, -0.25) is 10.1 Å². The third-order valence-corrected chi connectivity index (χ3v) is 1.65. The minimum atomic E-state index is -0.279. The van der Waals surface area contributed by atoms with E-state index in [9.17, 15) is 10.1 Å². The maximum Gasteiger partial charge on any atom is 0.242 e. The van der Waals surface area contributed by atoms with Gasteiger partial charge in [0.15, 0.2) is 0 Å². The molecule has 1 aliphatic rings. The van der Waals surface area contributed by atoms with Crippen LogP contribution in [0.15, 0.2) is 11.8 Å². The van der Waals surface area contributed by atoms with Crippen molar-refractivity contribution in [3.8, 4) is 0 Å². The van der Waals surface area contributed by atoms with Crippen LogP contribution in [-0.2, 0) is 0 Å². The van der Waals surface area contributed by atoms with Gasteiger partial charge in [-0.2, -0.15) is 0 Å². The van der Waals surface area contributed by atoms with Gasteiger partial charge in [-0.25, -0.2) is 0 Å². The minimum absolute atomic E-state index is 0.279. The number of nitrogens with zero attached hydrogens (tertiary/aromatic N) is 1. The van der Waals surface area contributed by atoms with Gasteiger partial charge in [-0.1, -0.05) is 6.92 Å². The molecular formula is C7H11NO2. The first-order valence-corrected chi connectivity index (χ1v) is 3.59. The van der Waals surface area contributed by atoms with Gasteiger partial charge >= 0.3 is 0 Å². The quantitative estimate of drug-likeness (QED) is 0.445. The average molecular weight is 141 g/mol. The standard InChI is InChI=1S/C7H11NO2/c1-2-7(8(9)10)5-6-3-4-6/h5-6H,2-4H2,1H3/b7-5-. The zero-order valence-corrected chi connectivity index (χ0v) is 6.04. The Balaban J connectivity index is 2.52. The molecule has 0 aliphatic heterocycles. The number of rotatable bonds is 3. The Morgan fingerprint density at radius 1 is 1.80 bits per heavy atom. The summed E-state index contributed by atoms with van der Waals surface area (Å²) in [5.41, 5.74) is 0.377. The minimum Gasteiger partial charge on any atom is -0.259 e. The van der Waals surface area contributed by atoms with Gasteiger partial charge in [0, 0.05) is 6.42 Å². The summed E-state index contributed by atoms with van der Waals surface area (Å²) in [4.78, 5) is 9.95. The summed E-state index contributed by atoms with van der Waals surface area (Å²) in [6, 6.07) is 0. The van der Waals surface area contributed by atoms with Crippen LogP contribution in [0.25, 0.3) is 0 Å². The van der Waals surface area contributed by atoms with Crippen molar-refractivity contribution in [2.45, 2.75) is 26.2 Å². The van der Waals surface area contributed by atoms with E-state index in [4.69, 9.17) is 0 Å². The SMILES string of the molecule is CC/C(=C/C1CC1)[N+](=O)[O-]. The van der Waals surface area contributed by atoms with Crippen molar-refractivity contribution in [3.05, 3.63) is 21.9 Å². The van der Waals surface area contributed by atoms with Crippen molar-refractivity contribution >= 4 is 0 Å². The number of allylic oxidation sites excluding steroid dienone is 2. The summed E-state index contributed by atoms with van der Waals surface area (Å²) in [7, 11) is 0. The first kappa shape index (κ1) is 7.25. The lowest BCUT2D eigenvalue weighted by Gasteiger charge is -1.90. The number of hydrogen-bond acceptors (Lipinski definition) is 2. The molecule has 3 heteroatoms. The van der Waals surface area contributed by atoms with Crippen molar-refractivity contribution in [2.24, 2.45) is 5.92 Å². The smallest absolute Gasteiger partial charge is 0.242 e. The van der Waals surface area contributed by atoms with Crippen LogP contribution >= 0.6 is 0 Å². The highest BCUT2D eigenvalue weighted by atomic mass is 16.6. The second-order valence-electron chi connectivity index (χ2n) is 2.61. The Morgan fingerprint density at radius 2 is 2.40 bits per heavy atom. The van der Waals surface area contributed by atoms with Crippen LogP contribution < -0.4 is 0 Å². The Bertz CT molecular complexity index is 170. The number of nitro groups is 1. The maximum absolute atomic E-state index is 10.2. The second kappa shape index (κ2) is 2.82. The molecule has 1 fully saturated rings. The molecule has 1 saturated carbocycles. The van der Waals surface area contributed by atoms with Gasteiger partial charge in [0.05, 0.1) is 4.92 Å². The molecule has 0 amide bonds. The molecule has 56 valence electrons. The van der Waals surface area contributed by atoms with E-state index in [0.29, 0.717) is 18.0 Å². The molecule has 0 N–H and O–H groups in total. The molecular weight excluding hydrogens is 130 g/mol. The first-order valence-electron chi connectivity index (χ1n) is 3.59. The van der Waals surface area contributed by atoms with Gasteiger partial charge < -0.3 is 0 Å². The Morgan fingerprint density at radius 3 is 2.70 bits per heavy atom. The summed E-state index contributed by atoms with van der Waals surface area (Å²) in [5.74, 6) is 0.514. The van der Waals surface area contributed by atoms with Crippen molar-refractivity contribution in [3.63, 3.8) is 0 Å². The van der Waals surface area contributed by atoms with Gasteiger partial charge in [-0.15, -0.1) is 0 Å². The lowest BCUT2D eigenvalue weighted by Crippen LogP contribution is -1.96. The zero-order valence-electron chi connectivity index (χ0n) is 6.04. The van der Waals surface area contributed by atoms with E-state index in [1.54, 1.807) is 6.08 Å². The molecule has 0 aromatic rings. The molecule has 0 radical (unpaired) electrons. The fourth-order valence-corrected chi connectivity index (χ4v) is 0.843. The summed E-state index contributed by atoms with van der Waals surface area (Å²) in [5, 5.41) is 10.2. The van der Waals surface area contributed by atoms with Crippen molar-refractivity contribution in [1.82, 2.24) is 0 Å². The van der Waals surface area contributed by atoms with E-state index in [-0.39, 0.29) is 4.92 Å². The maximum atomic E-state index is 10.2. The lowest BCUT2D eigenvalue weighted by molar-refractivity contribution is -0.427. The van der Waals surface area contributed by atoms with E-state index in [0.717, 1.165) is 12.8 Å². The van der Waals surface area contributed by atoms with E-state index in [2.05, 4.69) is 0 Å². The molecule has 0 saturated heterocycles. The second-order valence-corrected chi connectivity index (χ2v) is 2.61. The summed E-state index contributed by atoms with van der Waals surface area (Å²) in [6.45, 7) is 1.82. The Kier molecular flexibility index (Phi) is 2.04. The molecule has 0 aromatic carbocycles. The van der Waals surface area contributed by atoms with Gasteiger partial charge in [-0.05, 0) is 24.8 Å². The molecule has 1 aliphatic carbocycles. The van der Waals surface area contributed by atoms with Crippen molar-refractivity contribution < 1.29 is 4.92 Å². The molecule has 0 aromatic heterocycles. The molecule has 0 unspecified atom stereocenters. The number of hydrogen-bond donors (Lipinski definition) is 0. The highest BCUT2D eigenvalue weighted by Gasteiger charge is 2.22. The summed E-state index contributed by atoms with van der Waals surface area (Å²) in [6.07, 6.45) is 4.61. The summed E-state index contributed by atoms with van der Waals surface area (Å²) >= 11 is 0. The van der Waals surface area contributed by atoms with Crippen LogP contribution in [0.2, 0.25) is 0 Å². The normalized spacial score (nSPS) is 19.1. The highest BCUT2D eigenvalue weighted by Crippen LogP contribution is 2.31. The third kappa shape index (κ3) is 1.83. The molecule has 3 nitrogen and oxygen atoms in total. The zero-order chi connectivity index (χ0) is 7.56. The van der Waals surface area contributed by atoms with Crippen LogP contribution in [0, 0.1) is 16.0 Å². The predicted molar refractivity (Wildman–Crippen MR) is 38.1 cm³/mol. The van der Waals surface area contributed by atoms with Gasteiger partial charge in [0.2, 0.25) is 5.70 Å². The summed E-state index contributed by atoms with van der Waals surface area (Å²) < 4.78 is 0. The van der Waals surface area contributed by atoms with Crippen molar-refractivity contribution in [2.75, 3.05) is 0 Å². The van der Waals surface area contributed by atoms with Crippen molar-refractivity contribution in [1.29, 1.82) is 0 Å².